The van der Waals surface area contributed by atoms with Crippen LogP contribution in [0.3, 0.4) is 0 Å². The van der Waals surface area contributed by atoms with Crippen molar-refractivity contribution in [3.05, 3.63) is 96.6 Å². The predicted molar refractivity (Wildman–Crippen MR) is 122 cm³/mol. The number of nitrogens with two attached hydrogens (primary N) is 1. The van der Waals surface area contributed by atoms with Gasteiger partial charge in [-0.25, -0.2) is 0 Å². The van der Waals surface area contributed by atoms with Crippen molar-refractivity contribution < 1.29 is 0 Å². The molecule has 1 aliphatic rings. The molecule has 0 fully saturated rings. The lowest BCUT2D eigenvalue weighted by Crippen LogP contribution is -2.12. The minimum Gasteiger partial charge on any atom is -0.397 e. The maximum absolute atomic E-state index is 6.17. The fraction of sp³-hybridized carbons (Fsp3) is 0.0769. The molecule has 0 saturated carbocycles. The Labute approximate surface area is 169 Å². The smallest absolute Gasteiger partial charge is 0.0714 e. The Balaban J connectivity index is 1.49. The van der Waals surface area contributed by atoms with Crippen LogP contribution < -0.4 is 11.1 Å². The van der Waals surface area contributed by atoms with E-state index < -0.39 is 0 Å². The molecule has 5 aromatic rings. The molecule has 1 aromatic heterocycles. The van der Waals surface area contributed by atoms with Crippen LogP contribution in [0.2, 0.25) is 0 Å². The molecule has 3 N–H and O–H groups in total. The van der Waals surface area contributed by atoms with Gasteiger partial charge in [0.2, 0.25) is 0 Å². The number of para-hydroxylation sites is 3. The molecule has 3 heteroatoms. The number of anilines is 2. The van der Waals surface area contributed by atoms with E-state index >= 15 is 0 Å². The molecule has 1 unspecified atom stereocenters. The molecule has 6 rings (SSSR count). The van der Waals surface area contributed by atoms with Gasteiger partial charge < -0.3 is 15.6 Å². The van der Waals surface area contributed by atoms with Crippen LogP contribution in [0.15, 0.2) is 91.0 Å². The second-order valence-corrected chi connectivity index (χ2v) is 7.74. The van der Waals surface area contributed by atoms with E-state index in [0.717, 1.165) is 17.9 Å². The van der Waals surface area contributed by atoms with E-state index in [1.54, 1.807) is 0 Å². The average molecular weight is 375 g/mol. The molecule has 1 atom stereocenters. The van der Waals surface area contributed by atoms with Crippen molar-refractivity contribution in [3.8, 4) is 11.1 Å². The SMILES string of the molecule is Nc1ccccc1NC1Cn2c3ccc(-c4ccccc4)cc3c3cccc1c32. The summed E-state index contributed by atoms with van der Waals surface area (Å²) < 4.78 is 2.45. The van der Waals surface area contributed by atoms with Gasteiger partial charge in [0.05, 0.1) is 22.9 Å². The number of hydrogen-bond acceptors (Lipinski definition) is 2. The van der Waals surface area contributed by atoms with Crippen LogP contribution >= 0.6 is 0 Å². The van der Waals surface area contributed by atoms with Gasteiger partial charge >= 0.3 is 0 Å². The largest absolute Gasteiger partial charge is 0.397 e. The van der Waals surface area contributed by atoms with Crippen molar-refractivity contribution in [3.63, 3.8) is 0 Å². The number of aromatic nitrogens is 1. The van der Waals surface area contributed by atoms with E-state index in [0.29, 0.717) is 0 Å². The molecule has 3 nitrogen and oxygen atoms in total. The molecule has 4 aromatic carbocycles. The highest BCUT2D eigenvalue weighted by molar-refractivity contribution is 6.11. The fourth-order valence-electron chi connectivity index (χ4n) is 4.69. The molecule has 0 spiro atoms. The zero-order chi connectivity index (χ0) is 19.4. The Morgan fingerprint density at radius 3 is 2.45 bits per heavy atom. The number of rotatable bonds is 3. The first-order chi connectivity index (χ1) is 14.3. The first kappa shape index (κ1) is 16.3. The molecule has 0 aliphatic carbocycles. The third-order valence-corrected chi connectivity index (χ3v) is 6.05. The summed E-state index contributed by atoms with van der Waals surface area (Å²) in [5, 5.41) is 6.30. The normalized spacial score (nSPS) is 15.2. The van der Waals surface area contributed by atoms with E-state index in [1.807, 2.05) is 24.3 Å². The molecule has 140 valence electrons. The van der Waals surface area contributed by atoms with Crippen molar-refractivity contribution in [1.29, 1.82) is 0 Å². The average Bonchev–Trinajstić information content (AvgIpc) is 3.29. The summed E-state index contributed by atoms with van der Waals surface area (Å²) in [4.78, 5) is 0. The quantitative estimate of drug-likeness (QED) is 0.368. The summed E-state index contributed by atoms with van der Waals surface area (Å²) in [6.45, 7) is 0.901. The molecule has 2 heterocycles. The highest BCUT2D eigenvalue weighted by atomic mass is 15.1. The molecular weight excluding hydrogens is 354 g/mol. The lowest BCUT2D eigenvalue weighted by atomic mass is 10.0. The number of nitrogens with one attached hydrogen (secondary N) is 1. The zero-order valence-corrected chi connectivity index (χ0v) is 16.0. The summed E-state index contributed by atoms with van der Waals surface area (Å²) in [6.07, 6.45) is 0. The van der Waals surface area contributed by atoms with Crippen molar-refractivity contribution >= 4 is 33.2 Å². The minimum atomic E-state index is 0.219. The van der Waals surface area contributed by atoms with Crippen molar-refractivity contribution in [2.45, 2.75) is 12.6 Å². The van der Waals surface area contributed by atoms with Crippen LogP contribution in [-0.4, -0.2) is 4.57 Å². The molecule has 0 radical (unpaired) electrons. The highest BCUT2D eigenvalue weighted by Crippen LogP contribution is 2.42. The van der Waals surface area contributed by atoms with Gasteiger partial charge in [0.15, 0.2) is 0 Å². The standard InChI is InChI=1S/C26H21N3/c27-22-11-4-5-12-23(22)28-24-16-29-25-14-13-18(17-7-2-1-3-8-17)15-21(25)19-9-6-10-20(24)26(19)29/h1-15,24,28H,16,27H2. The number of fused-ring (bicyclic) bond motifs is 3. The Hall–Kier alpha value is -3.72. The zero-order valence-electron chi connectivity index (χ0n) is 16.0. The second-order valence-electron chi connectivity index (χ2n) is 7.74. The summed E-state index contributed by atoms with van der Waals surface area (Å²) in [5.74, 6) is 0. The third-order valence-electron chi connectivity index (χ3n) is 6.05. The van der Waals surface area contributed by atoms with Gasteiger partial charge in [0, 0.05) is 28.4 Å². The summed E-state index contributed by atoms with van der Waals surface area (Å²) in [5.41, 5.74) is 14.4. The Morgan fingerprint density at radius 1 is 0.759 bits per heavy atom. The number of nitrogen functional groups attached to an aromatic ring is 1. The van der Waals surface area contributed by atoms with Crippen LogP contribution in [0.4, 0.5) is 11.4 Å². The van der Waals surface area contributed by atoms with Crippen molar-refractivity contribution in [2.75, 3.05) is 11.1 Å². The van der Waals surface area contributed by atoms with Crippen LogP contribution in [0, 0.1) is 0 Å². The Kier molecular flexibility index (Phi) is 3.44. The van der Waals surface area contributed by atoms with Gasteiger partial charge in [0.1, 0.15) is 0 Å². The second kappa shape index (κ2) is 6.14. The maximum Gasteiger partial charge on any atom is 0.0714 e. The lowest BCUT2D eigenvalue weighted by molar-refractivity contribution is 0.686. The van der Waals surface area contributed by atoms with Crippen LogP contribution in [0.25, 0.3) is 32.9 Å². The number of benzene rings is 4. The first-order valence-electron chi connectivity index (χ1n) is 10.0. The first-order valence-corrected chi connectivity index (χ1v) is 10.0. The summed E-state index contributed by atoms with van der Waals surface area (Å²) in [7, 11) is 0. The van der Waals surface area contributed by atoms with Crippen LogP contribution in [-0.2, 0) is 6.54 Å². The van der Waals surface area contributed by atoms with Gasteiger partial charge in [0.25, 0.3) is 0 Å². The summed E-state index contributed by atoms with van der Waals surface area (Å²) >= 11 is 0. The van der Waals surface area contributed by atoms with Gasteiger partial charge in [-0.1, -0.05) is 66.7 Å². The Bertz CT molecular complexity index is 1370. The van der Waals surface area contributed by atoms with Gasteiger partial charge in [-0.05, 0) is 35.4 Å². The van der Waals surface area contributed by atoms with E-state index in [4.69, 9.17) is 5.73 Å². The third kappa shape index (κ3) is 2.44. The van der Waals surface area contributed by atoms with E-state index in [-0.39, 0.29) is 6.04 Å². The molecule has 0 saturated heterocycles. The van der Waals surface area contributed by atoms with E-state index in [2.05, 4.69) is 76.6 Å². The van der Waals surface area contributed by atoms with Gasteiger partial charge in [-0.15, -0.1) is 0 Å². The molecular formula is C26H21N3. The maximum atomic E-state index is 6.17. The van der Waals surface area contributed by atoms with Gasteiger partial charge in [-0.3, -0.25) is 0 Å². The molecule has 29 heavy (non-hydrogen) atoms. The van der Waals surface area contributed by atoms with Crippen molar-refractivity contribution in [2.24, 2.45) is 0 Å². The van der Waals surface area contributed by atoms with Crippen molar-refractivity contribution in [1.82, 2.24) is 4.57 Å². The van der Waals surface area contributed by atoms with Crippen LogP contribution in [0.1, 0.15) is 11.6 Å². The number of hydrogen-bond donors (Lipinski definition) is 2. The monoisotopic (exact) mass is 375 g/mol. The van der Waals surface area contributed by atoms with Gasteiger partial charge in [-0.2, -0.15) is 0 Å². The van der Waals surface area contributed by atoms with E-state index in [1.165, 1.54) is 38.5 Å². The molecule has 1 aliphatic heterocycles. The summed E-state index contributed by atoms with van der Waals surface area (Å²) in [6, 6.07) is 32.3. The fourth-order valence-corrected chi connectivity index (χ4v) is 4.69. The van der Waals surface area contributed by atoms with Crippen LogP contribution in [0.5, 0.6) is 0 Å². The van der Waals surface area contributed by atoms with E-state index in [9.17, 15) is 0 Å². The highest BCUT2D eigenvalue weighted by Gasteiger charge is 2.27. The number of nitrogens with zero attached hydrogens (tertiary/aromatic N) is 1. The molecule has 0 amide bonds. The lowest BCUT2D eigenvalue weighted by Gasteiger charge is -2.17. The Morgan fingerprint density at radius 2 is 1.59 bits per heavy atom. The predicted octanol–water partition coefficient (Wildman–Crippen LogP) is 6.21. The molecule has 0 bridgehead atoms. The topological polar surface area (TPSA) is 43.0 Å². The minimum absolute atomic E-state index is 0.219.